The van der Waals surface area contributed by atoms with Gasteiger partial charge in [-0.1, -0.05) is 34.1 Å². The Labute approximate surface area is 126 Å². The van der Waals surface area contributed by atoms with E-state index in [2.05, 4.69) is 48.0 Å². The van der Waals surface area contributed by atoms with Crippen LogP contribution in [0.3, 0.4) is 0 Å². The van der Waals surface area contributed by atoms with E-state index in [0.29, 0.717) is 10.9 Å². The van der Waals surface area contributed by atoms with Crippen LogP contribution >= 0.6 is 27.5 Å². The van der Waals surface area contributed by atoms with Crippen LogP contribution in [0.1, 0.15) is 27.6 Å². The van der Waals surface area contributed by atoms with E-state index in [1.54, 1.807) is 0 Å². The highest BCUT2D eigenvalue weighted by molar-refractivity contribution is 9.10. The quantitative estimate of drug-likeness (QED) is 0.626. The van der Waals surface area contributed by atoms with Crippen LogP contribution in [-0.4, -0.2) is 0 Å². The van der Waals surface area contributed by atoms with Gasteiger partial charge in [0.05, 0.1) is 5.38 Å². The Kier molecular flexibility index (Phi) is 4.64. The number of hydrogen-bond donors (Lipinski definition) is 0. The fourth-order valence-corrected chi connectivity index (χ4v) is 2.80. The topological polar surface area (TPSA) is 0 Å². The second kappa shape index (κ2) is 6.06. The summed E-state index contributed by atoms with van der Waals surface area (Å²) in [6.45, 7) is 4.17. The summed E-state index contributed by atoms with van der Waals surface area (Å²) in [5.41, 5.74) is 4.49. The third kappa shape index (κ3) is 3.80. The molecule has 2 aromatic rings. The van der Waals surface area contributed by atoms with Gasteiger partial charge in [-0.05, 0) is 60.7 Å². The largest absolute Gasteiger partial charge is 0.207 e. The number of alkyl halides is 1. The minimum absolute atomic E-state index is 0.228. The molecule has 0 N–H and O–H groups in total. The van der Waals surface area contributed by atoms with Crippen molar-refractivity contribution in [2.45, 2.75) is 25.6 Å². The smallest absolute Gasteiger partial charge is 0.124 e. The van der Waals surface area contributed by atoms with E-state index in [1.165, 1.54) is 28.8 Å². The maximum atomic E-state index is 13.4. The van der Waals surface area contributed by atoms with Crippen LogP contribution < -0.4 is 0 Å². The SMILES string of the molecule is Cc1ccc(CC(Cl)c2cc(F)cc(Br)c2)cc1C. The van der Waals surface area contributed by atoms with Gasteiger partial charge >= 0.3 is 0 Å². The zero-order valence-corrected chi connectivity index (χ0v) is 13.2. The summed E-state index contributed by atoms with van der Waals surface area (Å²) in [5, 5.41) is -0.228. The van der Waals surface area contributed by atoms with Crippen LogP contribution in [0.5, 0.6) is 0 Å². The summed E-state index contributed by atoms with van der Waals surface area (Å²) in [6.07, 6.45) is 0.693. The standard InChI is InChI=1S/C16H15BrClF/c1-10-3-4-12(5-11(10)2)6-16(18)13-7-14(17)9-15(19)8-13/h3-5,7-9,16H,6H2,1-2H3. The monoisotopic (exact) mass is 340 g/mol. The lowest BCUT2D eigenvalue weighted by atomic mass is 10.00. The zero-order valence-electron chi connectivity index (χ0n) is 10.9. The van der Waals surface area contributed by atoms with Crippen molar-refractivity contribution in [2.24, 2.45) is 0 Å². The van der Waals surface area contributed by atoms with Crippen molar-refractivity contribution in [3.05, 3.63) is 68.9 Å². The molecule has 1 unspecified atom stereocenters. The van der Waals surface area contributed by atoms with E-state index in [0.717, 1.165) is 5.56 Å². The first kappa shape index (κ1) is 14.5. The fourth-order valence-electron chi connectivity index (χ4n) is 2.01. The number of halogens is 3. The lowest BCUT2D eigenvalue weighted by molar-refractivity contribution is 0.623. The van der Waals surface area contributed by atoms with Gasteiger partial charge in [0, 0.05) is 4.47 Å². The van der Waals surface area contributed by atoms with Crippen molar-refractivity contribution in [3.8, 4) is 0 Å². The maximum absolute atomic E-state index is 13.4. The lowest BCUT2D eigenvalue weighted by Crippen LogP contribution is -1.98. The second-order valence-corrected chi connectivity index (χ2v) is 6.24. The molecule has 0 aliphatic rings. The Morgan fingerprint density at radius 3 is 2.47 bits per heavy atom. The molecule has 3 heteroatoms. The van der Waals surface area contributed by atoms with Crippen LogP contribution in [0.2, 0.25) is 0 Å². The molecule has 100 valence electrons. The molecule has 0 heterocycles. The number of rotatable bonds is 3. The first-order chi connectivity index (χ1) is 8.95. The van der Waals surface area contributed by atoms with Crippen LogP contribution in [0.15, 0.2) is 40.9 Å². The Balaban J connectivity index is 2.20. The Hall–Kier alpha value is -0.860. The van der Waals surface area contributed by atoms with Gasteiger partial charge in [0.25, 0.3) is 0 Å². The molecule has 1 atom stereocenters. The van der Waals surface area contributed by atoms with Crippen molar-refractivity contribution in [2.75, 3.05) is 0 Å². The van der Waals surface area contributed by atoms with Crippen molar-refractivity contribution in [3.63, 3.8) is 0 Å². The molecule has 0 aliphatic heterocycles. The van der Waals surface area contributed by atoms with E-state index in [1.807, 2.05) is 6.07 Å². The zero-order chi connectivity index (χ0) is 14.0. The average Bonchev–Trinajstić information content (AvgIpc) is 2.32. The lowest BCUT2D eigenvalue weighted by Gasteiger charge is -2.12. The molecule has 0 fully saturated rings. The summed E-state index contributed by atoms with van der Waals surface area (Å²) in [4.78, 5) is 0. The van der Waals surface area contributed by atoms with Gasteiger partial charge in [-0.25, -0.2) is 4.39 Å². The van der Waals surface area contributed by atoms with Crippen molar-refractivity contribution in [1.29, 1.82) is 0 Å². The predicted molar refractivity (Wildman–Crippen MR) is 82.3 cm³/mol. The van der Waals surface area contributed by atoms with E-state index < -0.39 is 0 Å². The summed E-state index contributed by atoms with van der Waals surface area (Å²) < 4.78 is 14.1. The van der Waals surface area contributed by atoms with Crippen molar-refractivity contribution in [1.82, 2.24) is 0 Å². The summed E-state index contributed by atoms with van der Waals surface area (Å²) in [7, 11) is 0. The minimum Gasteiger partial charge on any atom is -0.207 e. The van der Waals surface area contributed by atoms with Crippen LogP contribution in [-0.2, 0) is 6.42 Å². The number of benzene rings is 2. The highest BCUT2D eigenvalue weighted by atomic mass is 79.9. The highest BCUT2D eigenvalue weighted by Crippen LogP contribution is 2.28. The van der Waals surface area contributed by atoms with Gasteiger partial charge < -0.3 is 0 Å². The molecule has 0 bridgehead atoms. The van der Waals surface area contributed by atoms with Gasteiger partial charge in [-0.3, -0.25) is 0 Å². The van der Waals surface area contributed by atoms with Crippen LogP contribution in [0, 0.1) is 19.7 Å². The fraction of sp³-hybridized carbons (Fsp3) is 0.250. The molecule has 2 aromatic carbocycles. The Bertz CT molecular complexity index is 575. The molecule has 0 aliphatic carbocycles. The molecule has 0 amide bonds. The second-order valence-electron chi connectivity index (χ2n) is 4.79. The minimum atomic E-state index is -0.268. The molecule has 19 heavy (non-hydrogen) atoms. The molecule has 0 aromatic heterocycles. The Morgan fingerprint density at radius 2 is 1.84 bits per heavy atom. The van der Waals surface area contributed by atoms with Gasteiger partial charge in [0.15, 0.2) is 0 Å². The Morgan fingerprint density at radius 1 is 1.11 bits per heavy atom. The molecule has 0 radical (unpaired) electrons. The summed E-state index contributed by atoms with van der Waals surface area (Å²) >= 11 is 9.68. The van der Waals surface area contributed by atoms with Gasteiger partial charge in [-0.2, -0.15) is 0 Å². The van der Waals surface area contributed by atoms with Crippen molar-refractivity contribution >= 4 is 27.5 Å². The molecule has 0 saturated heterocycles. The first-order valence-electron chi connectivity index (χ1n) is 6.12. The molecular formula is C16H15BrClF. The van der Waals surface area contributed by atoms with Gasteiger partial charge in [0.2, 0.25) is 0 Å². The molecule has 0 spiro atoms. The third-order valence-corrected chi connectivity index (χ3v) is 4.10. The molecule has 0 saturated carbocycles. The number of aryl methyl sites for hydroxylation is 2. The predicted octanol–water partition coefficient (Wildman–Crippen LogP) is 5.73. The summed E-state index contributed by atoms with van der Waals surface area (Å²) in [5.74, 6) is -0.268. The van der Waals surface area contributed by atoms with E-state index in [4.69, 9.17) is 11.6 Å². The van der Waals surface area contributed by atoms with Gasteiger partial charge in [-0.15, -0.1) is 11.6 Å². The third-order valence-electron chi connectivity index (χ3n) is 3.23. The van der Waals surface area contributed by atoms with E-state index >= 15 is 0 Å². The van der Waals surface area contributed by atoms with E-state index in [-0.39, 0.29) is 11.2 Å². The number of hydrogen-bond acceptors (Lipinski definition) is 0. The highest BCUT2D eigenvalue weighted by Gasteiger charge is 2.11. The first-order valence-corrected chi connectivity index (χ1v) is 7.35. The molecule has 0 nitrogen and oxygen atoms in total. The molecule has 2 rings (SSSR count). The van der Waals surface area contributed by atoms with Crippen LogP contribution in [0.4, 0.5) is 4.39 Å². The van der Waals surface area contributed by atoms with Crippen LogP contribution in [0.25, 0.3) is 0 Å². The van der Waals surface area contributed by atoms with Crippen molar-refractivity contribution < 1.29 is 4.39 Å². The maximum Gasteiger partial charge on any atom is 0.124 e. The van der Waals surface area contributed by atoms with Gasteiger partial charge in [0.1, 0.15) is 5.82 Å². The average molecular weight is 342 g/mol. The normalized spacial score (nSPS) is 12.5. The molecular weight excluding hydrogens is 327 g/mol. The van der Waals surface area contributed by atoms with E-state index in [9.17, 15) is 4.39 Å². The summed E-state index contributed by atoms with van der Waals surface area (Å²) in [6, 6.07) is 11.1.